The Kier molecular flexibility index (Phi) is 6.01. The molecule has 6 nitrogen and oxygen atoms in total. The maximum absolute atomic E-state index is 13.0. The molecule has 0 unspecified atom stereocenters. The normalized spacial score (nSPS) is 17.3. The van der Waals surface area contributed by atoms with Crippen molar-refractivity contribution in [1.29, 1.82) is 10.5 Å². The molecule has 2 heterocycles. The molecular weight excluding hydrogens is 413 g/mol. The zero-order chi connectivity index (χ0) is 21.8. The van der Waals surface area contributed by atoms with Crippen LogP contribution in [-0.2, 0) is 5.75 Å². The third kappa shape index (κ3) is 4.45. The molecule has 2 aromatic heterocycles. The molecule has 0 aliphatic heterocycles. The molecule has 0 amide bonds. The Morgan fingerprint density at radius 1 is 1.13 bits per heavy atom. The summed E-state index contributed by atoms with van der Waals surface area (Å²) in [7, 11) is 0. The van der Waals surface area contributed by atoms with Crippen molar-refractivity contribution in [1.82, 2.24) is 9.97 Å². The van der Waals surface area contributed by atoms with Crippen LogP contribution in [-0.4, -0.2) is 22.2 Å². The summed E-state index contributed by atoms with van der Waals surface area (Å²) in [5.41, 5.74) is 8.62. The summed E-state index contributed by atoms with van der Waals surface area (Å²) in [6, 6.07) is 15.1. The van der Waals surface area contributed by atoms with Crippen molar-refractivity contribution in [2.24, 2.45) is 0 Å². The number of nitrogens with two attached hydrogens (primary N) is 1. The predicted molar refractivity (Wildman–Crippen MR) is 116 cm³/mol. The van der Waals surface area contributed by atoms with Gasteiger partial charge in [0, 0.05) is 36.6 Å². The fraction of sp³-hybridized carbons (Fsp3) is 0.217. The van der Waals surface area contributed by atoms with E-state index in [9.17, 15) is 14.9 Å². The number of pyridine rings is 2. The van der Waals surface area contributed by atoms with Crippen LogP contribution in [0.1, 0.15) is 29.5 Å². The summed E-state index contributed by atoms with van der Waals surface area (Å²) in [6.07, 6.45) is 3.34. The van der Waals surface area contributed by atoms with E-state index in [0.717, 1.165) is 5.56 Å². The first-order valence-corrected chi connectivity index (χ1v) is 10.6. The molecule has 1 fully saturated rings. The Balaban J connectivity index is 1.66. The zero-order valence-corrected chi connectivity index (χ0v) is 17.3. The van der Waals surface area contributed by atoms with Crippen LogP contribution in [0, 0.1) is 22.7 Å². The fourth-order valence-electron chi connectivity index (χ4n) is 3.32. The second-order valence-electron chi connectivity index (χ2n) is 7.13. The molecule has 0 atom stereocenters. The number of anilines is 1. The molecular formula is C23H18FN5OS. The Hall–Kier alpha value is -3.62. The first kappa shape index (κ1) is 20.6. The van der Waals surface area contributed by atoms with Crippen LogP contribution >= 0.6 is 11.8 Å². The summed E-state index contributed by atoms with van der Waals surface area (Å²) < 4.78 is 18.7. The van der Waals surface area contributed by atoms with Crippen molar-refractivity contribution >= 4 is 17.6 Å². The quantitative estimate of drug-likeness (QED) is 0.566. The maximum atomic E-state index is 13.0. The molecule has 31 heavy (non-hydrogen) atoms. The number of rotatable bonds is 6. The third-order valence-electron chi connectivity index (χ3n) is 5.00. The molecule has 8 heteroatoms. The van der Waals surface area contributed by atoms with Crippen molar-refractivity contribution in [2.45, 2.75) is 35.9 Å². The summed E-state index contributed by atoms with van der Waals surface area (Å²) in [6.45, 7) is 0. The van der Waals surface area contributed by atoms with Gasteiger partial charge in [0.1, 0.15) is 46.6 Å². The average Bonchev–Trinajstić information content (AvgIpc) is 2.77. The van der Waals surface area contributed by atoms with Crippen molar-refractivity contribution in [3.63, 3.8) is 0 Å². The van der Waals surface area contributed by atoms with E-state index in [4.69, 9.17) is 10.5 Å². The minimum Gasteiger partial charge on any atom is -0.490 e. The largest absolute Gasteiger partial charge is 0.490 e. The number of halogens is 1. The van der Waals surface area contributed by atoms with Gasteiger partial charge in [-0.3, -0.25) is 4.98 Å². The number of hydrogen-bond donors (Lipinski definition) is 1. The van der Waals surface area contributed by atoms with E-state index >= 15 is 0 Å². The number of hydrogen-bond acceptors (Lipinski definition) is 7. The molecule has 1 aliphatic carbocycles. The lowest BCUT2D eigenvalue weighted by atomic mass is 9.93. The van der Waals surface area contributed by atoms with E-state index in [2.05, 4.69) is 22.1 Å². The van der Waals surface area contributed by atoms with Gasteiger partial charge in [-0.25, -0.2) is 9.37 Å². The molecule has 154 valence electrons. The van der Waals surface area contributed by atoms with Crippen LogP contribution in [0.25, 0.3) is 11.1 Å². The predicted octanol–water partition coefficient (Wildman–Crippen LogP) is 4.64. The SMILES string of the molecule is N#Cc1c(N)nc(SCc2cccnc2)c(C#N)c1-c1ccc(OC2CC(F)C2)cc1. The minimum atomic E-state index is -0.789. The highest BCUT2D eigenvalue weighted by Crippen LogP contribution is 2.37. The van der Waals surface area contributed by atoms with E-state index in [1.807, 2.05) is 12.1 Å². The van der Waals surface area contributed by atoms with Gasteiger partial charge in [-0.2, -0.15) is 10.5 Å². The van der Waals surface area contributed by atoms with Gasteiger partial charge in [0.25, 0.3) is 0 Å². The third-order valence-corrected chi connectivity index (χ3v) is 6.04. The molecule has 0 saturated heterocycles. The topological polar surface area (TPSA) is 109 Å². The number of benzene rings is 1. The van der Waals surface area contributed by atoms with Crippen LogP contribution < -0.4 is 10.5 Å². The molecule has 0 radical (unpaired) electrons. The van der Waals surface area contributed by atoms with Crippen molar-refractivity contribution in [2.75, 3.05) is 5.73 Å². The number of aromatic nitrogens is 2. The first-order valence-electron chi connectivity index (χ1n) is 9.65. The van der Waals surface area contributed by atoms with E-state index in [1.165, 1.54) is 11.8 Å². The van der Waals surface area contributed by atoms with Crippen LogP contribution in [0.3, 0.4) is 0 Å². The number of nitrogen functional groups attached to an aromatic ring is 1. The molecule has 4 rings (SSSR count). The highest BCUT2D eigenvalue weighted by atomic mass is 32.2. The zero-order valence-electron chi connectivity index (χ0n) is 16.5. The second-order valence-corrected chi connectivity index (χ2v) is 8.10. The maximum Gasteiger partial charge on any atom is 0.143 e. The molecule has 0 spiro atoms. The Labute approximate surface area is 183 Å². The summed E-state index contributed by atoms with van der Waals surface area (Å²) in [5.74, 6) is 1.25. The lowest BCUT2D eigenvalue weighted by Gasteiger charge is -2.30. The highest BCUT2D eigenvalue weighted by Gasteiger charge is 2.30. The number of alkyl halides is 1. The Morgan fingerprint density at radius 2 is 1.87 bits per heavy atom. The lowest BCUT2D eigenvalue weighted by molar-refractivity contribution is 0.0410. The minimum absolute atomic E-state index is 0.0777. The number of nitriles is 2. The summed E-state index contributed by atoms with van der Waals surface area (Å²) in [5, 5.41) is 20.0. The highest BCUT2D eigenvalue weighted by molar-refractivity contribution is 7.98. The monoisotopic (exact) mass is 431 g/mol. The van der Waals surface area contributed by atoms with Gasteiger partial charge in [0.15, 0.2) is 0 Å². The fourth-order valence-corrected chi connectivity index (χ4v) is 4.25. The first-order chi connectivity index (χ1) is 15.1. The van der Waals surface area contributed by atoms with Gasteiger partial charge < -0.3 is 10.5 Å². The van der Waals surface area contributed by atoms with Gasteiger partial charge in [0.2, 0.25) is 0 Å². The molecule has 1 aromatic carbocycles. The van der Waals surface area contributed by atoms with Crippen LogP contribution in [0.5, 0.6) is 5.75 Å². The van der Waals surface area contributed by atoms with E-state index < -0.39 is 6.17 Å². The lowest BCUT2D eigenvalue weighted by Crippen LogP contribution is -2.34. The molecule has 1 saturated carbocycles. The van der Waals surface area contributed by atoms with Gasteiger partial charge >= 0.3 is 0 Å². The van der Waals surface area contributed by atoms with Gasteiger partial charge in [-0.15, -0.1) is 11.8 Å². The van der Waals surface area contributed by atoms with Crippen LogP contribution in [0.2, 0.25) is 0 Å². The van der Waals surface area contributed by atoms with Gasteiger partial charge in [-0.1, -0.05) is 18.2 Å². The van der Waals surface area contributed by atoms with Gasteiger partial charge in [0.05, 0.1) is 5.56 Å². The number of ether oxygens (including phenoxy) is 1. The second kappa shape index (κ2) is 9.03. The molecule has 2 N–H and O–H groups in total. The standard InChI is InChI=1S/C23H18FN5OS/c24-16-8-18(9-16)30-17-5-3-15(4-6-17)21-19(10-25)22(27)29-23(20(21)11-26)31-13-14-2-1-7-28-12-14/h1-7,12,16,18H,8-9,13H2,(H2,27,29). The van der Waals surface area contributed by atoms with E-state index in [1.54, 1.807) is 36.7 Å². The Morgan fingerprint density at radius 3 is 2.48 bits per heavy atom. The number of thioether (sulfide) groups is 1. The smallest absolute Gasteiger partial charge is 0.143 e. The van der Waals surface area contributed by atoms with Crippen molar-refractivity contribution in [3.8, 4) is 29.0 Å². The van der Waals surface area contributed by atoms with Gasteiger partial charge in [-0.05, 0) is 29.3 Å². The summed E-state index contributed by atoms with van der Waals surface area (Å²) >= 11 is 1.37. The van der Waals surface area contributed by atoms with Crippen LogP contribution in [0.15, 0.2) is 53.8 Å². The summed E-state index contributed by atoms with van der Waals surface area (Å²) in [4.78, 5) is 8.41. The molecule has 0 bridgehead atoms. The molecule has 1 aliphatic rings. The van der Waals surface area contributed by atoms with Crippen molar-refractivity contribution < 1.29 is 9.13 Å². The molecule has 3 aromatic rings. The van der Waals surface area contributed by atoms with E-state index in [0.29, 0.717) is 46.1 Å². The average molecular weight is 431 g/mol. The van der Waals surface area contributed by atoms with Crippen molar-refractivity contribution in [3.05, 3.63) is 65.5 Å². The number of nitrogens with zero attached hydrogens (tertiary/aromatic N) is 4. The van der Waals surface area contributed by atoms with Crippen LogP contribution in [0.4, 0.5) is 10.2 Å². The van der Waals surface area contributed by atoms with E-state index in [-0.39, 0.29) is 17.5 Å². The Bertz CT molecular complexity index is 1170.